The molecule has 0 aliphatic carbocycles. The number of nitrogens with two attached hydrogens (primary N) is 1. The predicted molar refractivity (Wildman–Crippen MR) is 71.1 cm³/mol. The number of nitro groups is 1. The molecule has 0 aliphatic rings. The van der Waals surface area contributed by atoms with E-state index in [-0.39, 0.29) is 17.1 Å². The smallest absolute Gasteiger partial charge is 0.295 e. The molecule has 1 heterocycles. The summed E-state index contributed by atoms with van der Waals surface area (Å²) in [5.74, 6) is 0.683. The number of benzene rings is 1. The molecule has 0 aliphatic heterocycles. The van der Waals surface area contributed by atoms with Gasteiger partial charge in [0.25, 0.3) is 5.69 Å². The second-order valence-electron chi connectivity index (χ2n) is 5.20. The van der Waals surface area contributed by atoms with Gasteiger partial charge in [0, 0.05) is 11.5 Å². The lowest BCUT2D eigenvalue weighted by atomic mass is 9.96. The number of rotatable bonds is 2. The van der Waals surface area contributed by atoms with Gasteiger partial charge in [-0.1, -0.05) is 32.9 Å². The first kappa shape index (κ1) is 13.0. The molecular weight excluding hydrogens is 246 g/mol. The van der Waals surface area contributed by atoms with Crippen molar-refractivity contribution in [2.24, 2.45) is 0 Å². The highest BCUT2D eigenvalue weighted by Gasteiger charge is 2.24. The summed E-state index contributed by atoms with van der Waals surface area (Å²) in [5.41, 5.74) is 5.79. The van der Waals surface area contributed by atoms with Crippen LogP contribution in [0.1, 0.15) is 26.6 Å². The van der Waals surface area contributed by atoms with Crippen LogP contribution in [0, 0.1) is 10.1 Å². The minimum absolute atomic E-state index is 0.0560. The van der Waals surface area contributed by atoms with Gasteiger partial charge in [0.2, 0.25) is 5.95 Å². The molecule has 2 N–H and O–H groups in total. The number of hydrogen-bond donors (Lipinski definition) is 1. The third-order valence-electron chi connectivity index (χ3n) is 2.61. The van der Waals surface area contributed by atoms with Gasteiger partial charge in [0.1, 0.15) is 5.69 Å². The summed E-state index contributed by atoms with van der Waals surface area (Å²) in [6.45, 7) is 5.85. The van der Waals surface area contributed by atoms with Crippen LogP contribution in [0.15, 0.2) is 24.3 Å². The molecule has 7 heteroatoms. The number of nitro benzene ring substituents is 1. The van der Waals surface area contributed by atoms with E-state index in [4.69, 9.17) is 5.73 Å². The largest absolute Gasteiger partial charge is 0.368 e. The molecule has 0 bridgehead atoms. The van der Waals surface area contributed by atoms with E-state index in [9.17, 15) is 10.1 Å². The molecule has 2 aromatic rings. The second-order valence-corrected chi connectivity index (χ2v) is 5.20. The van der Waals surface area contributed by atoms with Gasteiger partial charge in [0.15, 0.2) is 5.82 Å². The zero-order chi connectivity index (χ0) is 14.2. The highest BCUT2D eigenvalue weighted by atomic mass is 16.6. The molecule has 2 rings (SSSR count). The van der Waals surface area contributed by atoms with Gasteiger partial charge in [-0.05, 0) is 6.07 Å². The molecule has 1 aromatic carbocycles. The second kappa shape index (κ2) is 4.34. The van der Waals surface area contributed by atoms with Crippen LogP contribution in [0.4, 0.5) is 11.6 Å². The summed E-state index contributed by atoms with van der Waals surface area (Å²) in [6, 6.07) is 6.29. The summed E-state index contributed by atoms with van der Waals surface area (Å²) in [5, 5.41) is 15.3. The fraction of sp³-hybridized carbons (Fsp3) is 0.333. The van der Waals surface area contributed by atoms with E-state index < -0.39 is 4.92 Å². The number of nitrogens with zero attached hydrogens (tertiary/aromatic N) is 4. The Morgan fingerprint density at radius 2 is 1.95 bits per heavy atom. The normalized spacial score (nSPS) is 11.5. The summed E-state index contributed by atoms with van der Waals surface area (Å²) in [7, 11) is 0. The topological polar surface area (TPSA) is 99.9 Å². The van der Waals surface area contributed by atoms with E-state index in [1.54, 1.807) is 18.2 Å². The molecule has 0 radical (unpaired) electrons. The Kier molecular flexibility index (Phi) is 2.97. The van der Waals surface area contributed by atoms with Crippen LogP contribution in [0.2, 0.25) is 0 Å². The summed E-state index contributed by atoms with van der Waals surface area (Å²) < 4.78 is 1.30. The quantitative estimate of drug-likeness (QED) is 0.658. The third kappa shape index (κ3) is 2.40. The molecule has 100 valence electrons. The van der Waals surface area contributed by atoms with Crippen LogP contribution in [0.3, 0.4) is 0 Å². The van der Waals surface area contributed by atoms with E-state index >= 15 is 0 Å². The summed E-state index contributed by atoms with van der Waals surface area (Å²) >= 11 is 0. The number of nitrogen functional groups attached to an aromatic ring is 1. The maximum atomic E-state index is 11.0. The highest BCUT2D eigenvalue weighted by molar-refractivity contribution is 5.54. The number of para-hydroxylation sites is 2. The van der Waals surface area contributed by atoms with Crippen LogP contribution in [0.5, 0.6) is 0 Å². The van der Waals surface area contributed by atoms with Crippen molar-refractivity contribution in [3.8, 4) is 5.69 Å². The highest BCUT2D eigenvalue weighted by Crippen LogP contribution is 2.26. The molecule has 0 spiro atoms. The molecular formula is C12H15N5O2. The lowest BCUT2D eigenvalue weighted by Gasteiger charge is -2.12. The molecule has 0 saturated carbocycles. The average Bonchev–Trinajstić information content (AvgIpc) is 2.71. The van der Waals surface area contributed by atoms with Crippen molar-refractivity contribution in [1.29, 1.82) is 0 Å². The molecule has 19 heavy (non-hydrogen) atoms. The van der Waals surface area contributed by atoms with Gasteiger partial charge in [-0.2, -0.15) is 9.67 Å². The van der Waals surface area contributed by atoms with E-state index in [1.165, 1.54) is 10.7 Å². The Morgan fingerprint density at radius 3 is 2.47 bits per heavy atom. The minimum atomic E-state index is -0.465. The van der Waals surface area contributed by atoms with Crippen molar-refractivity contribution in [2.45, 2.75) is 26.2 Å². The molecule has 0 fully saturated rings. The molecule has 0 amide bonds. The van der Waals surface area contributed by atoms with Gasteiger partial charge >= 0.3 is 0 Å². The third-order valence-corrected chi connectivity index (χ3v) is 2.61. The lowest BCUT2D eigenvalue weighted by molar-refractivity contribution is -0.384. The lowest BCUT2D eigenvalue weighted by Crippen LogP contribution is -2.14. The van der Waals surface area contributed by atoms with Gasteiger partial charge in [-0.3, -0.25) is 10.1 Å². The molecule has 0 saturated heterocycles. The molecule has 1 aromatic heterocycles. The van der Waals surface area contributed by atoms with Gasteiger partial charge in [-0.25, -0.2) is 0 Å². The molecule has 7 nitrogen and oxygen atoms in total. The zero-order valence-electron chi connectivity index (χ0n) is 11.0. The Balaban J connectivity index is 2.60. The minimum Gasteiger partial charge on any atom is -0.368 e. The van der Waals surface area contributed by atoms with Gasteiger partial charge < -0.3 is 5.73 Å². The maximum absolute atomic E-state index is 11.0. The Morgan fingerprint density at radius 1 is 1.32 bits per heavy atom. The Hall–Kier alpha value is -2.44. The number of aromatic nitrogens is 3. The Bertz CT molecular complexity index is 627. The van der Waals surface area contributed by atoms with Gasteiger partial charge in [-0.15, -0.1) is 5.10 Å². The van der Waals surface area contributed by atoms with Crippen molar-refractivity contribution >= 4 is 11.6 Å². The van der Waals surface area contributed by atoms with E-state index in [1.807, 2.05) is 20.8 Å². The maximum Gasteiger partial charge on any atom is 0.295 e. The first-order valence-electron chi connectivity index (χ1n) is 5.77. The number of anilines is 1. The van der Waals surface area contributed by atoms with Crippen LogP contribution in [-0.2, 0) is 5.41 Å². The first-order chi connectivity index (χ1) is 8.80. The first-order valence-corrected chi connectivity index (χ1v) is 5.77. The average molecular weight is 261 g/mol. The van der Waals surface area contributed by atoms with Gasteiger partial charge in [0.05, 0.1) is 4.92 Å². The van der Waals surface area contributed by atoms with Crippen molar-refractivity contribution in [3.05, 3.63) is 40.2 Å². The fourth-order valence-electron chi connectivity index (χ4n) is 1.62. The van der Waals surface area contributed by atoms with E-state index in [0.717, 1.165) is 0 Å². The van der Waals surface area contributed by atoms with Crippen LogP contribution < -0.4 is 5.73 Å². The zero-order valence-corrected chi connectivity index (χ0v) is 11.0. The van der Waals surface area contributed by atoms with Crippen molar-refractivity contribution in [1.82, 2.24) is 14.8 Å². The number of hydrogen-bond acceptors (Lipinski definition) is 5. The van der Waals surface area contributed by atoms with Crippen LogP contribution in [0.25, 0.3) is 5.69 Å². The standard InChI is InChI=1S/C12H15N5O2/c1-12(2,3)10-14-11(13)16(15-10)8-6-4-5-7-9(8)17(18)19/h4-7H,1-3H3,(H2,13,14,15). The van der Waals surface area contributed by atoms with Crippen molar-refractivity contribution < 1.29 is 4.92 Å². The molecule has 0 atom stereocenters. The SMILES string of the molecule is CC(C)(C)c1nc(N)n(-c2ccccc2[N+](=O)[O-])n1. The fourth-order valence-corrected chi connectivity index (χ4v) is 1.62. The van der Waals surface area contributed by atoms with Crippen molar-refractivity contribution in [3.63, 3.8) is 0 Å². The summed E-state index contributed by atoms with van der Waals surface area (Å²) in [4.78, 5) is 14.7. The predicted octanol–water partition coefficient (Wildman–Crippen LogP) is 2.06. The van der Waals surface area contributed by atoms with Crippen molar-refractivity contribution in [2.75, 3.05) is 5.73 Å². The van der Waals surface area contributed by atoms with E-state index in [0.29, 0.717) is 11.5 Å². The van der Waals surface area contributed by atoms with E-state index in [2.05, 4.69) is 10.1 Å². The monoisotopic (exact) mass is 261 g/mol. The van der Waals surface area contributed by atoms with Crippen LogP contribution in [-0.4, -0.2) is 19.7 Å². The molecule has 0 unspecified atom stereocenters. The van der Waals surface area contributed by atoms with Crippen LogP contribution >= 0.6 is 0 Å². The Labute approximate surface area is 110 Å². The summed E-state index contributed by atoms with van der Waals surface area (Å²) in [6.07, 6.45) is 0.